The maximum atomic E-state index is 13.0. The van der Waals surface area contributed by atoms with E-state index in [-0.39, 0.29) is 23.3 Å². The molecule has 0 radical (unpaired) electrons. The average molecular weight is 488 g/mol. The van der Waals surface area contributed by atoms with Crippen LogP contribution in [-0.2, 0) is 11.2 Å². The number of hydrogen-bond acceptors (Lipinski definition) is 7. The second-order valence-corrected chi connectivity index (χ2v) is 7.74. The number of anilines is 1. The van der Waals surface area contributed by atoms with Crippen LogP contribution in [0, 0.1) is 15.9 Å². The van der Waals surface area contributed by atoms with Crippen molar-refractivity contribution in [1.29, 1.82) is 0 Å². The van der Waals surface area contributed by atoms with Gasteiger partial charge in [0.05, 0.1) is 11.0 Å². The van der Waals surface area contributed by atoms with Crippen LogP contribution in [0.15, 0.2) is 91.1 Å². The number of benzene rings is 3. The van der Waals surface area contributed by atoms with Crippen LogP contribution in [0.4, 0.5) is 15.8 Å². The van der Waals surface area contributed by atoms with E-state index in [1.807, 2.05) is 12.1 Å². The summed E-state index contributed by atoms with van der Waals surface area (Å²) in [5.74, 6) is 1.13. The number of amides is 1. The van der Waals surface area contributed by atoms with Gasteiger partial charge < -0.3 is 20.5 Å². The maximum Gasteiger partial charge on any atom is 0.287 e. The number of nitrogens with one attached hydrogen (secondary N) is 1. The van der Waals surface area contributed by atoms with Gasteiger partial charge in [-0.25, -0.2) is 9.37 Å². The molecule has 4 rings (SSSR count). The Bertz CT molecular complexity index is 1330. The molecule has 3 N–H and O–H groups in total. The van der Waals surface area contributed by atoms with Crippen LogP contribution in [0.5, 0.6) is 23.1 Å². The highest BCUT2D eigenvalue weighted by Crippen LogP contribution is 2.27. The summed E-state index contributed by atoms with van der Waals surface area (Å²) in [5, 5.41) is 13.4. The predicted molar refractivity (Wildman–Crippen MR) is 131 cm³/mol. The quantitative estimate of drug-likeness (QED) is 0.244. The molecular formula is C26H21FN4O5. The number of hydrogen-bond donors (Lipinski definition) is 2. The van der Waals surface area contributed by atoms with Crippen molar-refractivity contribution in [3.05, 3.63) is 113 Å². The molecule has 4 aromatic rings. The molecule has 0 spiro atoms. The Kier molecular flexibility index (Phi) is 7.47. The molecule has 3 aromatic carbocycles. The molecule has 0 saturated carbocycles. The molecule has 9 nitrogen and oxygen atoms in total. The molecular weight excluding hydrogens is 467 g/mol. The number of carbonyl (C=O) groups excluding carboxylic acids is 1. The number of ether oxygens (including phenoxy) is 2. The lowest BCUT2D eigenvalue weighted by Gasteiger charge is -2.13. The number of rotatable bonds is 9. The van der Waals surface area contributed by atoms with Crippen LogP contribution in [0.1, 0.15) is 5.56 Å². The molecule has 1 aromatic heterocycles. The number of halogens is 1. The molecule has 1 heterocycles. The third kappa shape index (κ3) is 6.61. The molecule has 0 saturated heterocycles. The Morgan fingerprint density at radius 1 is 0.917 bits per heavy atom. The zero-order valence-corrected chi connectivity index (χ0v) is 18.8. The lowest BCUT2D eigenvalue weighted by molar-refractivity contribution is -0.385. The highest BCUT2D eigenvalue weighted by atomic mass is 19.1. The molecule has 0 bridgehead atoms. The minimum absolute atomic E-state index is 0.118. The molecule has 1 amide bonds. The van der Waals surface area contributed by atoms with Crippen LogP contribution >= 0.6 is 0 Å². The second kappa shape index (κ2) is 11.1. The summed E-state index contributed by atoms with van der Waals surface area (Å²) in [5.41, 5.74) is 7.22. The van der Waals surface area contributed by atoms with Crippen molar-refractivity contribution in [2.45, 2.75) is 12.5 Å². The normalized spacial score (nSPS) is 11.4. The van der Waals surface area contributed by atoms with Crippen molar-refractivity contribution in [2.75, 3.05) is 5.32 Å². The Labute approximate surface area is 205 Å². The minimum Gasteiger partial charge on any atom is -0.457 e. The molecule has 0 unspecified atom stereocenters. The van der Waals surface area contributed by atoms with E-state index in [2.05, 4.69) is 10.3 Å². The highest BCUT2D eigenvalue weighted by molar-refractivity contribution is 5.94. The van der Waals surface area contributed by atoms with Crippen molar-refractivity contribution >= 4 is 17.3 Å². The van der Waals surface area contributed by atoms with Gasteiger partial charge in [-0.05, 0) is 72.6 Å². The van der Waals surface area contributed by atoms with E-state index in [0.717, 1.165) is 11.8 Å². The fourth-order valence-electron chi connectivity index (χ4n) is 3.18. The maximum absolute atomic E-state index is 13.0. The lowest BCUT2D eigenvalue weighted by Crippen LogP contribution is -2.37. The first-order valence-electron chi connectivity index (χ1n) is 10.8. The molecule has 36 heavy (non-hydrogen) atoms. The molecule has 182 valence electrons. The number of nitrogens with two attached hydrogens (primary N) is 1. The van der Waals surface area contributed by atoms with Crippen molar-refractivity contribution in [3.63, 3.8) is 0 Å². The lowest BCUT2D eigenvalue weighted by atomic mass is 10.1. The highest BCUT2D eigenvalue weighted by Gasteiger charge is 2.14. The van der Waals surface area contributed by atoms with Crippen LogP contribution in [0.3, 0.4) is 0 Å². The number of nitrogens with zero attached hydrogens (tertiary/aromatic N) is 2. The first-order chi connectivity index (χ1) is 17.4. The SMILES string of the molecule is N[C@@H](Cc1ccc(Oc2ccc(Oc3ccc([N+](=O)[O-])cn3)cc2)cc1)C(=O)Nc1ccc(F)cc1. The standard InChI is InChI=1S/C26H21FN4O5/c27-18-3-5-19(6-4-18)30-26(32)24(28)15-17-1-8-21(9-2-17)35-22-10-12-23(13-11-22)36-25-14-7-20(16-29-25)31(33)34/h1-14,16,24H,15,28H2,(H,30,32)/t24-/m0/s1. The van der Waals surface area contributed by atoms with Crippen LogP contribution in [0.25, 0.3) is 0 Å². The third-order valence-electron chi connectivity index (χ3n) is 5.04. The minimum atomic E-state index is -0.778. The summed E-state index contributed by atoms with van der Waals surface area (Å²) in [6, 6.07) is 21.4. The Morgan fingerprint density at radius 3 is 2.06 bits per heavy atom. The van der Waals surface area contributed by atoms with Gasteiger partial charge in [0.2, 0.25) is 11.8 Å². The summed E-state index contributed by atoms with van der Waals surface area (Å²) in [7, 11) is 0. The Balaban J connectivity index is 1.29. The average Bonchev–Trinajstić information content (AvgIpc) is 2.88. The van der Waals surface area contributed by atoms with E-state index in [1.165, 1.54) is 36.4 Å². The van der Waals surface area contributed by atoms with E-state index < -0.39 is 11.0 Å². The molecule has 10 heteroatoms. The molecule has 0 fully saturated rings. The van der Waals surface area contributed by atoms with Gasteiger partial charge in [0.1, 0.15) is 29.3 Å². The van der Waals surface area contributed by atoms with Gasteiger partial charge in [0, 0.05) is 17.8 Å². The van der Waals surface area contributed by atoms with E-state index in [1.54, 1.807) is 36.4 Å². The number of carbonyl (C=O) groups is 1. The van der Waals surface area contributed by atoms with Crippen molar-refractivity contribution in [1.82, 2.24) is 4.98 Å². The van der Waals surface area contributed by atoms with E-state index in [9.17, 15) is 19.3 Å². The van der Waals surface area contributed by atoms with Gasteiger partial charge in [-0.15, -0.1) is 0 Å². The summed E-state index contributed by atoms with van der Waals surface area (Å²) in [6.45, 7) is 0. The number of pyridine rings is 1. The summed E-state index contributed by atoms with van der Waals surface area (Å²) in [4.78, 5) is 26.4. The predicted octanol–water partition coefficient (Wildman–Crippen LogP) is 5.22. The Hall–Kier alpha value is -4.83. The van der Waals surface area contributed by atoms with Gasteiger partial charge in [-0.1, -0.05) is 12.1 Å². The van der Waals surface area contributed by atoms with E-state index in [4.69, 9.17) is 15.2 Å². The zero-order valence-electron chi connectivity index (χ0n) is 18.8. The molecule has 0 aliphatic heterocycles. The summed E-state index contributed by atoms with van der Waals surface area (Å²) in [6.07, 6.45) is 1.44. The zero-order chi connectivity index (χ0) is 25.5. The number of aromatic nitrogens is 1. The van der Waals surface area contributed by atoms with Gasteiger partial charge in [0.15, 0.2) is 0 Å². The van der Waals surface area contributed by atoms with E-state index >= 15 is 0 Å². The Morgan fingerprint density at radius 2 is 1.50 bits per heavy atom. The fraction of sp³-hybridized carbons (Fsp3) is 0.0769. The first kappa shape index (κ1) is 24.3. The first-order valence-corrected chi connectivity index (χ1v) is 10.8. The van der Waals surface area contributed by atoms with Gasteiger partial charge in [0.25, 0.3) is 5.69 Å². The van der Waals surface area contributed by atoms with Gasteiger partial charge in [-0.2, -0.15) is 0 Å². The monoisotopic (exact) mass is 488 g/mol. The summed E-state index contributed by atoms with van der Waals surface area (Å²) < 4.78 is 24.4. The van der Waals surface area contributed by atoms with Crippen LogP contribution < -0.4 is 20.5 Å². The van der Waals surface area contributed by atoms with Gasteiger partial charge in [-0.3, -0.25) is 14.9 Å². The van der Waals surface area contributed by atoms with Crippen molar-refractivity contribution < 1.29 is 23.6 Å². The van der Waals surface area contributed by atoms with Crippen molar-refractivity contribution in [2.24, 2.45) is 5.73 Å². The topological polar surface area (TPSA) is 130 Å². The molecule has 0 aliphatic rings. The van der Waals surface area contributed by atoms with Crippen LogP contribution in [-0.4, -0.2) is 21.9 Å². The van der Waals surface area contributed by atoms with Crippen molar-refractivity contribution in [3.8, 4) is 23.1 Å². The fourth-order valence-corrected chi connectivity index (χ4v) is 3.18. The molecule has 0 aliphatic carbocycles. The van der Waals surface area contributed by atoms with Crippen LogP contribution in [0.2, 0.25) is 0 Å². The largest absolute Gasteiger partial charge is 0.457 e. The number of nitro groups is 1. The third-order valence-corrected chi connectivity index (χ3v) is 5.04. The van der Waals surface area contributed by atoms with E-state index in [0.29, 0.717) is 29.4 Å². The smallest absolute Gasteiger partial charge is 0.287 e. The second-order valence-electron chi connectivity index (χ2n) is 7.74. The summed E-state index contributed by atoms with van der Waals surface area (Å²) >= 11 is 0. The molecule has 1 atom stereocenters. The van der Waals surface area contributed by atoms with Gasteiger partial charge >= 0.3 is 0 Å².